The van der Waals surface area contributed by atoms with Crippen molar-refractivity contribution >= 4 is 11.8 Å². The lowest BCUT2D eigenvalue weighted by Crippen LogP contribution is -2.47. The van der Waals surface area contributed by atoms with Crippen molar-refractivity contribution in [2.24, 2.45) is 11.3 Å². The fourth-order valence-electron chi connectivity index (χ4n) is 2.34. The van der Waals surface area contributed by atoms with Gasteiger partial charge in [-0.2, -0.15) is 0 Å². The molecule has 0 atom stereocenters. The van der Waals surface area contributed by atoms with E-state index in [-0.39, 0.29) is 12.0 Å². The minimum Gasteiger partial charge on any atom is -0.461 e. The highest BCUT2D eigenvalue weighted by Crippen LogP contribution is 2.34. The fourth-order valence-corrected chi connectivity index (χ4v) is 3.45. The summed E-state index contributed by atoms with van der Waals surface area (Å²) in [5.41, 5.74) is -0.135. The maximum absolute atomic E-state index is 9.53. The van der Waals surface area contributed by atoms with Crippen LogP contribution in [0.2, 0.25) is 0 Å². The standard InChI is InChI=1S/C15H21N3O3S/c1-11(2)6-18-13(12-4-3-5-21-12)16-17-14(18)22-10-15(7-19)8-20-9-15/h3-5,11,19H,6-10H2,1-2H3. The number of aliphatic hydroxyl groups is 1. The Morgan fingerprint density at radius 1 is 1.41 bits per heavy atom. The van der Waals surface area contributed by atoms with E-state index in [1.807, 2.05) is 12.1 Å². The van der Waals surface area contributed by atoms with E-state index >= 15 is 0 Å². The van der Waals surface area contributed by atoms with Crippen LogP contribution in [0.1, 0.15) is 13.8 Å². The Bertz CT molecular complexity index is 600. The maximum atomic E-state index is 9.53. The number of thioether (sulfide) groups is 1. The van der Waals surface area contributed by atoms with E-state index < -0.39 is 0 Å². The van der Waals surface area contributed by atoms with E-state index in [2.05, 4.69) is 28.6 Å². The molecule has 1 aliphatic rings. The minimum atomic E-state index is -0.135. The van der Waals surface area contributed by atoms with Crippen molar-refractivity contribution in [3.8, 4) is 11.6 Å². The van der Waals surface area contributed by atoms with Gasteiger partial charge in [0.1, 0.15) is 0 Å². The van der Waals surface area contributed by atoms with Gasteiger partial charge in [-0.05, 0) is 18.1 Å². The molecule has 0 bridgehead atoms. The molecule has 0 spiro atoms. The van der Waals surface area contributed by atoms with Crippen LogP contribution in [-0.4, -0.2) is 45.4 Å². The summed E-state index contributed by atoms with van der Waals surface area (Å²) in [5, 5.41) is 19.0. The number of rotatable bonds is 7. The number of hydrogen-bond acceptors (Lipinski definition) is 6. The first-order valence-electron chi connectivity index (χ1n) is 7.42. The van der Waals surface area contributed by atoms with Crippen LogP contribution in [0.5, 0.6) is 0 Å². The third kappa shape index (κ3) is 3.06. The van der Waals surface area contributed by atoms with Gasteiger partial charge in [0.15, 0.2) is 16.7 Å². The van der Waals surface area contributed by atoms with Crippen LogP contribution in [-0.2, 0) is 11.3 Å². The van der Waals surface area contributed by atoms with E-state index in [1.165, 1.54) is 0 Å². The lowest BCUT2D eigenvalue weighted by atomic mass is 9.90. The topological polar surface area (TPSA) is 73.3 Å². The number of furan rings is 1. The highest BCUT2D eigenvalue weighted by atomic mass is 32.2. The van der Waals surface area contributed by atoms with Crippen molar-refractivity contribution in [1.29, 1.82) is 0 Å². The lowest BCUT2D eigenvalue weighted by molar-refractivity contribution is -0.121. The second-order valence-electron chi connectivity index (χ2n) is 6.23. The van der Waals surface area contributed by atoms with E-state index in [9.17, 15) is 5.11 Å². The Kier molecular flexibility index (Phi) is 4.56. The van der Waals surface area contributed by atoms with Crippen molar-refractivity contribution in [3.63, 3.8) is 0 Å². The zero-order valence-corrected chi connectivity index (χ0v) is 13.7. The molecule has 0 unspecified atom stereocenters. The third-order valence-electron chi connectivity index (χ3n) is 3.67. The van der Waals surface area contributed by atoms with Crippen LogP contribution >= 0.6 is 11.8 Å². The Balaban J connectivity index is 1.81. The van der Waals surface area contributed by atoms with Crippen LogP contribution in [0.25, 0.3) is 11.6 Å². The number of nitrogens with zero attached hydrogens (tertiary/aromatic N) is 3. The van der Waals surface area contributed by atoms with Crippen LogP contribution in [0, 0.1) is 11.3 Å². The number of ether oxygens (including phenoxy) is 1. The van der Waals surface area contributed by atoms with Gasteiger partial charge in [0.25, 0.3) is 0 Å². The van der Waals surface area contributed by atoms with Crippen LogP contribution < -0.4 is 0 Å². The molecule has 6 nitrogen and oxygen atoms in total. The molecule has 2 aromatic heterocycles. The molecule has 7 heteroatoms. The van der Waals surface area contributed by atoms with Gasteiger partial charge >= 0.3 is 0 Å². The van der Waals surface area contributed by atoms with Crippen molar-refractivity contribution in [2.75, 3.05) is 25.6 Å². The number of aliphatic hydroxyl groups excluding tert-OH is 1. The van der Waals surface area contributed by atoms with Crippen molar-refractivity contribution in [2.45, 2.75) is 25.5 Å². The molecule has 2 aromatic rings. The quantitative estimate of drug-likeness (QED) is 0.788. The maximum Gasteiger partial charge on any atom is 0.200 e. The summed E-state index contributed by atoms with van der Waals surface area (Å²) in [6.45, 7) is 6.52. The van der Waals surface area contributed by atoms with Gasteiger partial charge in [-0.1, -0.05) is 25.6 Å². The summed E-state index contributed by atoms with van der Waals surface area (Å²) >= 11 is 1.62. The molecule has 120 valence electrons. The average Bonchev–Trinajstić information content (AvgIpc) is 3.07. The van der Waals surface area contributed by atoms with Gasteiger partial charge in [0, 0.05) is 17.7 Å². The molecule has 1 N–H and O–H groups in total. The molecule has 0 radical (unpaired) electrons. The van der Waals surface area contributed by atoms with Crippen LogP contribution in [0.3, 0.4) is 0 Å². The SMILES string of the molecule is CC(C)Cn1c(SCC2(CO)COC2)nnc1-c1ccco1. The number of aromatic nitrogens is 3. The first kappa shape index (κ1) is 15.6. The molecular weight excluding hydrogens is 302 g/mol. The van der Waals surface area contributed by atoms with Crippen LogP contribution in [0.15, 0.2) is 28.0 Å². The van der Waals surface area contributed by atoms with Gasteiger partial charge in [0.05, 0.1) is 26.1 Å². The van der Waals surface area contributed by atoms with Gasteiger partial charge in [0.2, 0.25) is 0 Å². The molecule has 3 heterocycles. The van der Waals surface area contributed by atoms with Gasteiger partial charge in [-0.3, -0.25) is 4.57 Å². The molecular formula is C15H21N3O3S. The van der Waals surface area contributed by atoms with Crippen LogP contribution in [0.4, 0.5) is 0 Å². The molecule has 0 amide bonds. The summed E-state index contributed by atoms with van der Waals surface area (Å²) in [4.78, 5) is 0. The largest absolute Gasteiger partial charge is 0.461 e. The molecule has 1 saturated heterocycles. The summed E-state index contributed by atoms with van der Waals surface area (Å²) in [5.74, 6) is 2.73. The normalized spacial score (nSPS) is 16.9. The smallest absolute Gasteiger partial charge is 0.200 e. The van der Waals surface area contributed by atoms with E-state index in [0.29, 0.717) is 19.1 Å². The summed E-state index contributed by atoms with van der Waals surface area (Å²) in [6, 6.07) is 3.74. The van der Waals surface area contributed by atoms with Gasteiger partial charge < -0.3 is 14.3 Å². The predicted molar refractivity (Wildman–Crippen MR) is 83.6 cm³/mol. The van der Waals surface area contributed by atoms with Gasteiger partial charge in [-0.15, -0.1) is 10.2 Å². The average molecular weight is 323 g/mol. The monoisotopic (exact) mass is 323 g/mol. The van der Waals surface area contributed by atoms with Crippen molar-refractivity contribution < 1.29 is 14.3 Å². The molecule has 0 aliphatic carbocycles. The molecule has 22 heavy (non-hydrogen) atoms. The molecule has 3 rings (SSSR count). The highest BCUT2D eigenvalue weighted by Gasteiger charge is 2.38. The summed E-state index contributed by atoms with van der Waals surface area (Å²) < 4.78 is 12.8. The first-order chi connectivity index (χ1) is 10.6. The predicted octanol–water partition coefficient (Wildman–Crippen LogP) is 2.30. The summed E-state index contributed by atoms with van der Waals surface area (Å²) in [6.07, 6.45) is 1.64. The minimum absolute atomic E-state index is 0.135. The number of hydrogen-bond donors (Lipinski definition) is 1. The summed E-state index contributed by atoms with van der Waals surface area (Å²) in [7, 11) is 0. The molecule has 1 aliphatic heterocycles. The van der Waals surface area contributed by atoms with Gasteiger partial charge in [-0.25, -0.2) is 0 Å². The molecule has 0 aromatic carbocycles. The third-order valence-corrected chi connectivity index (χ3v) is 4.98. The van der Waals surface area contributed by atoms with E-state index in [1.54, 1.807) is 18.0 Å². The van der Waals surface area contributed by atoms with Crippen molar-refractivity contribution in [3.05, 3.63) is 18.4 Å². The van der Waals surface area contributed by atoms with E-state index in [0.717, 1.165) is 29.0 Å². The second-order valence-corrected chi connectivity index (χ2v) is 7.17. The molecule has 0 saturated carbocycles. The Morgan fingerprint density at radius 2 is 2.23 bits per heavy atom. The lowest BCUT2D eigenvalue weighted by Gasteiger charge is -2.39. The highest BCUT2D eigenvalue weighted by molar-refractivity contribution is 7.99. The fraction of sp³-hybridized carbons (Fsp3) is 0.600. The Hall–Kier alpha value is -1.31. The Morgan fingerprint density at radius 3 is 2.77 bits per heavy atom. The second kappa shape index (κ2) is 6.44. The first-order valence-corrected chi connectivity index (χ1v) is 8.40. The zero-order valence-electron chi connectivity index (χ0n) is 12.9. The van der Waals surface area contributed by atoms with Crippen molar-refractivity contribution in [1.82, 2.24) is 14.8 Å². The Labute approximate surface area is 133 Å². The van der Waals surface area contributed by atoms with E-state index in [4.69, 9.17) is 9.15 Å². The molecule has 1 fully saturated rings. The zero-order chi connectivity index (χ0) is 15.6.